The summed E-state index contributed by atoms with van der Waals surface area (Å²) < 4.78 is 0. The lowest BCUT2D eigenvalue weighted by Crippen LogP contribution is -2.09. The normalized spacial score (nSPS) is 11.1. The number of anilines is 9. The number of benzene rings is 10. The van der Waals surface area contributed by atoms with Gasteiger partial charge in [-0.3, -0.25) is 0 Å². The van der Waals surface area contributed by atoms with Crippen molar-refractivity contribution < 1.29 is 0 Å². The minimum Gasteiger partial charge on any atom is -0.311 e. The molecule has 0 saturated carbocycles. The number of nitrogens with zero attached hydrogens (tertiary/aromatic N) is 3. The lowest BCUT2D eigenvalue weighted by Gasteiger charge is -2.25. The first-order valence-electron chi connectivity index (χ1n) is 26.1. The van der Waals surface area contributed by atoms with Gasteiger partial charge in [-0.05, 0) is 197 Å². The van der Waals surface area contributed by atoms with E-state index in [2.05, 4.69) is 324 Å². The molecule has 13 rings (SSSR count). The van der Waals surface area contributed by atoms with E-state index in [4.69, 9.17) is 0 Å². The summed E-state index contributed by atoms with van der Waals surface area (Å²) in [6.45, 7) is 0. The Kier molecular flexibility index (Phi) is 13.7. The van der Waals surface area contributed by atoms with Crippen molar-refractivity contribution in [1.82, 2.24) is 0 Å². The Balaban J connectivity index is 0.833. The van der Waals surface area contributed by atoms with Crippen LogP contribution in [-0.4, -0.2) is 0 Å². The minimum atomic E-state index is 1.12. The van der Waals surface area contributed by atoms with Crippen LogP contribution in [0, 0.1) is 0 Å². The molecule has 0 radical (unpaired) electrons. The van der Waals surface area contributed by atoms with Crippen LogP contribution in [0.15, 0.2) is 309 Å². The first kappa shape index (κ1) is 48.3. The molecule has 0 aliphatic rings. The summed E-state index contributed by atoms with van der Waals surface area (Å²) in [5.74, 6) is 0. The van der Waals surface area contributed by atoms with Crippen LogP contribution in [0.5, 0.6) is 0 Å². The van der Waals surface area contributed by atoms with Crippen molar-refractivity contribution in [1.29, 1.82) is 0 Å². The number of rotatable bonds is 15. The molecular weight excluding hydrogens is 1000 g/mol. The topological polar surface area (TPSA) is 9.72 Å². The highest BCUT2D eigenvalue weighted by atomic mass is 32.1. The van der Waals surface area contributed by atoms with Crippen molar-refractivity contribution in [3.05, 3.63) is 309 Å². The average Bonchev–Trinajstić information content (AvgIpc) is 4.34. The molecule has 0 bridgehead atoms. The largest absolute Gasteiger partial charge is 0.311 e. The standard InChI is InChI=1S/C72H51N3S3/c1-7-19-58(20-8-1)73(59-21-9-2-10-22-59)64-37-31-52(32-38-64)67-43-46-70(76-67)55-49-56(71-47-44-68(77-71)53-33-39-65(40-34-53)74(60-23-11-3-12-24-60)61-25-13-4-14-26-61)51-57(50-55)72-48-45-69(78-72)54-35-41-66(42-36-54)75(62-27-15-5-16-28-62)63-29-17-6-18-30-63/h1-51H. The molecule has 6 heteroatoms. The van der Waals surface area contributed by atoms with E-state index >= 15 is 0 Å². The van der Waals surface area contributed by atoms with Gasteiger partial charge in [0, 0.05) is 80.4 Å². The predicted molar refractivity (Wildman–Crippen MR) is 337 cm³/mol. The molecule has 372 valence electrons. The first-order valence-corrected chi connectivity index (χ1v) is 28.6. The smallest absolute Gasteiger partial charge is 0.0462 e. The third kappa shape index (κ3) is 10.2. The van der Waals surface area contributed by atoms with Gasteiger partial charge in [0.05, 0.1) is 0 Å². The second-order valence-electron chi connectivity index (χ2n) is 19.0. The van der Waals surface area contributed by atoms with Gasteiger partial charge in [-0.1, -0.05) is 146 Å². The van der Waals surface area contributed by atoms with Gasteiger partial charge in [-0.15, -0.1) is 34.0 Å². The van der Waals surface area contributed by atoms with E-state index < -0.39 is 0 Å². The fourth-order valence-electron chi connectivity index (χ4n) is 10.1. The van der Waals surface area contributed by atoms with Crippen molar-refractivity contribution in [2.24, 2.45) is 0 Å². The molecule has 0 amide bonds. The average molecular weight is 1050 g/mol. The number of hydrogen-bond donors (Lipinski definition) is 0. The van der Waals surface area contributed by atoms with Gasteiger partial charge in [-0.25, -0.2) is 0 Å². The molecule has 0 aliphatic heterocycles. The molecule has 3 nitrogen and oxygen atoms in total. The first-order chi connectivity index (χ1) is 38.6. The Bertz CT molecular complexity index is 3490. The lowest BCUT2D eigenvalue weighted by molar-refractivity contribution is 1.28. The summed E-state index contributed by atoms with van der Waals surface area (Å²) in [5, 5.41) is 0. The number of para-hydroxylation sites is 6. The van der Waals surface area contributed by atoms with Gasteiger partial charge >= 0.3 is 0 Å². The monoisotopic (exact) mass is 1050 g/mol. The van der Waals surface area contributed by atoms with E-state index in [1.807, 2.05) is 34.0 Å². The quantitative estimate of drug-likeness (QED) is 0.101. The number of hydrogen-bond acceptors (Lipinski definition) is 6. The summed E-state index contributed by atoms with van der Waals surface area (Å²) in [7, 11) is 0. The predicted octanol–water partition coefficient (Wildman–Crippen LogP) is 22.3. The summed E-state index contributed by atoms with van der Waals surface area (Å²) in [6, 6.07) is 111. The zero-order valence-electron chi connectivity index (χ0n) is 42.5. The van der Waals surface area contributed by atoms with E-state index in [0.29, 0.717) is 0 Å². The van der Waals surface area contributed by atoms with Gasteiger partial charge in [-0.2, -0.15) is 0 Å². The second kappa shape index (κ2) is 22.1. The molecular formula is C72H51N3S3. The van der Waals surface area contributed by atoms with Crippen molar-refractivity contribution >= 4 is 85.2 Å². The molecule has 0 saturated heterocycles. The van der Waals surface area contributed by atoms with Gasteiger partial charge in [0.25, 0.3) is 0 Å². The van der Waals surface area contributed by atoms with Gasteiger partial charge in [0.1, 0.15) is 0 Å². The SMILES string of the molecule is c1ccc(N(c2ccccc2)c2ccc(-c3ccc(-c4cc(-c5ccc(-c6ccc(N(c7ccccc7)c7ccccc7)cc6)s5)cc(-c5ccc(-c6ccc(N(c7ccccc7)c7ccccc7)cc6)s5)c4)s3)cc2)cc1. The van der Waals surface area contributed by atoms with E-state index in [0.717, 1.165) is 51.2 Å². The molecule has 0 spiro atoms. The maximum absolute atomic E-state index is 2.38. The van der Waals surface area contributed by atoms with Crippen LogP contribution in [0.4, 0.5) is 51.2 Å². The third-order valence-corrected chi connectivity index (χ3v) is 17.5. The molecule has 0 aliphatic carbocycles. The Morgan fingerprint density at radius 2 is 0.321 bits per heavy atom. The van der Waals surface area contributed by atoms with Crippen LogP contribution >= 0.6 is 34.0 Å². The molecule has 78 heavy (non-hydrogen) atoms. The maximum Gasteiger partial charge on any atom is 0.0462 e. The van der Waals surface area contributed by atoms with Gasteiger partial charge < -0.3 is 14.7 Å². The Hall–Kier alpha value is -9.30. The number of thiophene rings is 3. The molecule has 0 atom stereocenters. The molecule has 0 fully saturated rings. The highest BCUT2D eigenvalue weighted by molar-refractivity contribution is 7.19. The zero-order chi connectivity index (χ0) is 52.0. The summed E-state index contributed by atoms with van der Waals surface area (Å²) >= 11 is 5.53. The van der Waals surface area contributed by atoms with Crippen molar-refractivity contribution in [2.75, 3.05) is 14.7 Å². The second-order valence-corrected chi connectivity index (χ2v) is 22.2. The maximum atomic E-state index is 2.38. The van der Waals surface area contributed by atoms with Gasteiger partial charge in [0.15, 0.2) is 0 Å². The highest BCUT2D eigenvalue weighted by Crippen LogP contribution is 2.46. The van der Waals surface area contributed by atoms with Crippen molar-refractivity contribution in [3.8, 4) is 62.6 Å². The fourth-order valence-corrected chi connectivity index (χ4v) is 13.1. The van der Waals surface area contributed by atoms with Crippen LogP contribution in [0.1, 0.15) is 0 Å². The van der Waals surface area contributed by atoms with E-state index in [1.54, 1.807) is 0 Å². The highest BCUT2D eigenvalue weighted by Gasteiger charge is 2.18. The summed E-state index contributed by atoms with van der Waals surface area (Å²) in [5.41, 5.74) is 17.3. The van der Waals surface area contributed by atoms with Crippen molar-refractivity contribution in [2.45, 2.75) is 0 Å². The third-order valence-electron chi connectivity index (χ3n) is 13.9. The van der Waals surface area contributed by atoms with Crippen LogP contribution < -0.4 is 14.7 Å². The van der Waals surface area contributed by atoms with E-state index in [1.165, 1.54) is 62.6 Å². The molecule has 10 aromatic carbocycles. The van der Waals surface area contributed by atoms with Crippen LogP contribution in [0.3, 0.4) is 0 Å². The summed E-state index contributed by atoms with van der Waals surface area (Å²) in [4.78, 5) is 14.3. The Morgan fingerprint density at radius 3 is 0.513 bits per heavy atom. The zero-order valence-corrected chi connectivity index (χ0v) is 45.0. The minimum absolute atomic E-state index is 1.12. The Morgan fingerprint density at radius 1 is 0.154 bits per heavy atom. The van der Waals surface area contributed by atoms with Crippen molar-refractivity contribution in [3.63, 3.8) is 0 Å². The van der Waals surface area contributed by atoms with Crippen LogP contribution in [0.25, 0.3) is 62.6 Å². The molecule has 3 heterocycles. The summed E-state index contributed by atoms with van der Waals surface area (Å²) in [6.07, 6.45) is 0. The molecule has 0 N–H and O–H groups in total. The molecule has 0 unspecified atom stereocenters. The lowest BCUT2D eigenvalue weighted by atomic mass is 10.0. The fraction of sp³-hybridized carbons (Fsp3) is 0. The van der Waals surface area contributed by atoms with E-state index in [-0.39, 0.29) is 0 Å². The Labute approximate surface area is 468 Å². The molecule has 3 aromatic heterocycles. The van der Waals surface area contributed by atoms with Gasteiger partial charge in [0.2, 0.25) is 0 Å². The van der Waals surface area contributed by atoms with Crippen LogP contribution in [-0.2, 0) is 0 Å². The molecule has 13 aromatic rings. The van der Waals surface area contributed by atoms with E-state index in [9.17, 15) is 0 Å². The van der Waals surface area contributed by atoms with Crippen LogP contribution in [0.2, 0.25) is 0 Å².